The van der Waals surface area contributed by atoms with Gasteiger partial charge in [-0.05, 0) is 50.6 Å². The summed E-state index contributed by atoms with van der Waals surface area (Å²) < 4.78 is 76.6. The maximum Gasteiger partial charge on any atom is 0.417 e. The number of benzene rings is 1. The normalized spacial score (nSPS) is 19.8. The molecule has 1 atom stereocenters. The lowest BCUT2D eigenvalue weighted by Gasteiger charge is -2.32. The Kier molecular flexibility index (Phi) is 5.79. The Hall–Kier alpha value is -3.02. The molecule has 3 N–H and O–H groups in total. The first-order valence-electron chi connectivity index (χ1n) is 9.34. The molecule has 2 aromatic rings. The van der Waals surface area contributed by atoms with Gasteiger partial charge >= 0.3 is 6.18 Å². The molecule has 0 saturated carbocycles. The zero-order valence-corrected chi connectivity index (χ0v) is 18.1. The third-order valence-corrected chi connectivity index (χ3v) is 7.81. The van der Waals surface area contributed by atoms with Crippen LogP contribution in [0.25, 0.3) is 0 Å². The number of rotatable bonds is 3. The number of alkyl halides is 3. The molecule has 2 heterocycles. The molecule has 3 rings (SSSR count). The number of amides is 1. The van der Waals surface area contributed by atoms with Gasteiger partial charge < -0.3 is 11.1 Å². The number of carbonyl (C=O) groups is 1. The van der Waals surface area contributed by atoms with Crippen molar-refractivity contribution in [2.45, 2.75) is 37.7 Å². The molecule has 0 bridgehead atoms. The minimum atomic E-state index is -4.60. The molecule has 0 spiro atoms. The first kappa shape index (κ1) is 23.6. The number of hydrogen-bond donors (Lipinski definition) is 2. The number of aliphatic imine (C=N–C) groups is 1. The molecular weight excluding hydrogens is 452 g/mol. The number of nitrogens with zero attached hydrogens (tertiary/aromatic N) is 2. The van der Waals surface area contributed by atoms with E-state index in [1.54, 1.807) is 0 Å². The maximum atomic E-state index is 14.8. The lowest BCUT2D eigenvalue weighted by Crippen LogP contribution is -2.50. The largest absolute Gasteiger partial charge is 0.417 e. The smallest absolute Gasteiger partial charge is 0.386 e. The number of pyridine rings is 1. The Bertz CT molecular complexity index is 1210. The Morgan fingerprint density at radius 1 is 1.25 bits per heavy atom. The Morgan fingerprint density at radius 3 is 2.44 bits per heavy atom. The molecule has 0 radical (unpaired) electrons. The molecule has 1 aliphatic rings. The van der Waals surface area contributed by atoms with E-state index in [0.717, 1.165) is 12.1 Å². The third kappa shape index (κ3) is 4.31. The summed E-state index contributed by atoms with van der Waals surface area (Å²) in [5, 5.41) is 2.43. The van der Waals surface area contributed by atoms with Crippen LogP contribution in [0.5, 0.6) is 0 Å². The second kappa shape index (κ2) is 7.84. The predicted octanol–water partition coefficient (Wildman–Crippen LogP) is 3.41. The molecule has 1 unspecified atom stereocenters. The quantitative estimate of drug-likeness (QED) is 0.665. The van der Waals surface area contributed by atoms with Crippen molar-refractivity contribution in [3.63, 3.8) is 0 Å². The Morgan fingerprint density at radius 2 is 1.91 bits per heavy atom. The topological polar surface area (TPSA) is 115 Å². The van der Waals surface area contributed by atoms with Crippen LogP contribution in [0.15, 0.2) is 35.5 Å². The first-order chi connectivity index (χ1) is 14.6. The molecule has 1 aromatic heterocycles. The third-order valence-electron chi connectivity index (χ3n) is 5.29. The van der Waals surface area contributed by atoms with E-state index in [1.807, 2.05) is 0 Å². The van der Waals surface area contributed by atoms with Gasteiger partial charge in [0.25, 0.3) is 5.91 Å². The number of carbonyl (C=O) groups excluding carboxylic acids is 1. The molecule has 1 aliphatic heterocycles. The highest BCUT2D eigenvalue weighted by Crippen LogP contribution is 2.35. The van der Waals surface area contributed by atoms with Crippen LogP contribution in [0.1, 0.15) is 47.1 Å². The van der Waals surface area contributed by atoms with E-state index < -0.39 is 49.8 Å². The van der Waals surface area contributed by atoms with Gasteiger partial charge in [0.1, 0.15) is 22.1 Å². The highest BCUT2D eigenvalue weighted by atomic mass is 32.2. The van der Waals surface area contributed by atoms with Crippen molar-refractivity contribution in [3.8, 4) is 0 Å². The van der Waals surface area contributed by atoms with Gasteiger partial charge in [0.05, 0.1) is 17.4 Å². The van der Waals surface area contributed by atoms with Crippen molar-refractivity contribution in [1.82, 2.24) is 4.98 Å². The molecule has 1 amide bonds. The number of nitrogens with two attached hydrogens (primary N) is 1. The minimum Gasteiger partial charge on any atom is -0.386 e. The molecule has 0 fully saturated rings. The summed E-state index contributed by atoms with van der Waals surface area (Å²) in [6.45, 7) is 4.23. The fourth-order valence-corrected chi connectivity index (χ4v) is 4.56. The zero-order chi connectivity index (χ0) is 24.1. The fraction of sp³-hybridized carbons (Fsp3) is 0.350. The van der Waals surface area contributed by atoms with Gasteiger partial charge in [-0.2, -0.15) is 13.2 Å². The van der Waals surface area contributed by atoms with Crippen LogP contribution in [0.3, 0.4) is 0 Å². The summed E-state index contributed by atoms with van der Waals surface area (Å²) >= 11 is 0. The van der Waals surface area contributed by atoms with E-state index in [0.29, 0.717) is 6.20 Å². The van der Waals surface area contributed by atoms with Crippen LogP contribution in [0.4, 0.5) is 23.2 Å². The van der Waals surface area contributed by atoms with Crippen LogP contribution in [0, 0.1) is 12.7 Å². The first-order valence-corrected chi connectivity index (χ1v) is 11.0. The number of anilines is 1. The standard InChI is InChI=1S/C20H20F4N4O3S/c1-10-6-12(27-17(29)14-5-4-11(8-26-14)20(22,23)24)7-13(16(10)21)15-9-32(30,31)19(2,3)18(25)28-15/h4-8,15H,9H2,1-3H3,(H2,25,28)(H,27,29). The molecule has 1 aromatic carbocycles. The number of hydrogen-bond acceptors (Lipinski definition) is 6. The van der Waals surface area contributed by atoms with E-state index in [4.69, 9.17) is 5.73 Å². The number of halogens is 4. The van der Waals surface area contributed by atoms with Gasteiger partial charge in [-0.3, -0.25) is 14.8 Å². The van der Waals surface area contributed by atoms with E-state index in [2.05, 4.69) is 15.3 Å². The van der Waals surface area contributed by atoms with Gasteiger partial charge in [0, 0.05) is 17.4 Å². The summed E-state index contributed by atoms with van der Waals surface area (Å²) in [4.78, 5) is 20.1. The van der Waals surface area contributed by atoms with Crippen LogP contribution < -0.4 is 11.1 Å². The van der Waals surface area contributed by atoms with Crippen molar-refractivity contribution in [3.05, 3.63) is 58.7 Å². The Labute approximate surface area is 181 Å². The Balaban J connectivity index is 1.93. The molecule has 32 heavy (non-hydrogen) atoms. The van der Waals surface area contributed by atoms with Crippen LogP contribution in [-0.2, 0) is 16.0 Å². The number of amidine groups is 1. The van der Waals surface area contributed by atoms with Gasteiger partial charge in [0.2, 0.25) is 0 Å². The van der Waals surface area contributed by atoms with Crippen molar-refractivity contribution in [1.29, 1.82) is 0 Å². The van der Waals surface area contributed by atoms with Crippen molar-refractivity contribution in [2.75, 3.05) is 11.1 Å². The fourth-order valence-electron chi connectivity index (χ4n) is 3.10. The highest BCUT2D eigenvalue weighted by molar-refractivity contribution is 7.93. The maximum absolute atomic E-state index is 14.8. The van der Waals surface area contributed by atoms with Crippen molar-refractivity contribution < 1.29 is 30.8 Å². The van der Waals surface area contributed by atoms with Crippen molar-refractivity contribution >= 4 is 27.3 Å². The lowest BCUT2D eigenvalue weighted by molar-refractivity contribution is -0.137. The van der Waals surface area contributed by atoms with E-state index in [9.17, 15) is 30.8 Å². The second-order valence-corrected chi connectivity index (χ2v) is 10.5. The predicted molar refractivity (Wildman–Crippen MR) is 111 cm³/mol. The number of sulfone groups is 1. The molecule has 0 aliphatic carbocycles. The second-order valence-electron chi connectivity index (χ2n) is 7.90. The van der Waals surface area contributed by atoms with Gasteiger partial charge in [0.15, 0.2) is 9.84 Å². The average molecular weight is 472 g/mol. The monoisotopic (exact) mass is 472 g/mol. The summed E-state index contributed by atoms with van der Waals surface area (Å²) in [5.41, 5.74) is 4.66. The van der Waals surface area contributed by atoms with Gasteiger partial charge in [-0.25, -0.2) is 12.8 Å². The summed E-state index contributed by atoms with van der Waals surface area (Å²) in [7, 11) is -3.74. The summed E-state index contributed by atoms with van der Waals surface area (Å²) in [6, 6.07) is 3.04. The van der Waals surface area contributed by atoms with Crippen LogP contribution in [0.2, 0.25) is 0 Å². The average Bonchev–Trinajstić information content (AvgIpc) is 2.68. The molecule has 172 valence electrons. The van der Waals surface area contributed by atoms with E-state index in [1.165, 1.54) is 32.9 Å². The van der Waals surface area contributed by atoms with E-state index >= 15 is 0 Å². The molecular formula is C20H20F4N4O3S. The number of nitrogens with one attached hydrogen (secondary N) is 1. The van der Waals surface area contributed by atoms with Gasteiger partial charge in [-0.15, -0.1) is 0 Å². The molecule has 0 saturated heterocycles. The van der Waals surface area contributed by atoms with E-state index in [-0.39, 0.29) is 28.3 Å². The molecule has 7 nitrogen and oxygen atoms in total. The van der Waals surface area contributed by atoms with Gasteiger partial charge in [-0.1, -0.05) is 0 Å². The SMILES string of the molecule is Cc1cc(NC(=O)c2ccc(C(F)(F)F)cn2)cc(C2CS(=O)(=O)C(C)(C)C(N)=N2)c1F. The van der Waals surface area contributed by atoms with Crippen LogP contribution >= 0.6 is 0 Å². The minimum absolute atomic E-state index is 0.0808. The van der Waals surface area contributed by atoms with Crippen molar-refractivity contribution in [2.24, 2.45) is 10.7 Å². The zero-order valence-electron chi connectivity index (χ0n) is 17.3. The highest BCUT2D eigenvalue weighted by Gasteiger charge is 2.44. The molecule has 12 heteroatoms. The number of aromatic nitrogens is 1. The summed E-state index contributed by atoms with van der Waals surface area (Å²) in [6.07, 6.45) is -4.06. The summed E-state index contributed by atoms with van der Waals surface area (Å²) in [5.74, 6) is -2.16. The number of aryl methyl sites for hydroxylation is 1. The van der Waals surface area contributed by atoms with Crippen LogP contribution in [-0.4, -0.2) is 35.6 Å². The lowest BCUT2D eigenvalue weighted by atomic mass is 10.0.